The zero-order valence-electron chi connectivity index (χ0n) is 9.13. The molecule has 0 atom stereocenters. The summed E-state index contributed by atoms with van der Waals surface area (Å²) in [4.78, 5) is 0. The van der Waals surface area contributed by atoms with E-state index in [-0.39, 0.29) is 0 Å². The second-order valence-corrected chi connectivity index (χ2v) is 4.14. The average Bonchev–Trinajstić information content (AvgIpc) is 2.74. The molecule has 5 heteroatoms. The van der Waals surface area contributed by atoms with E-state index in [1.807, 2.05) is 43.3 Å². The first-order valence-electron chi connectivity index (χ1n) is 5.20. The van der Waals surface area contributed by atoms with Crippen LogP contribution in [-0.4, -0.2) is 19.8 Å². The van der Waals surface area contributed by atoms with E-state index in [4.69, 9.17) is 11.6 Å². The Labute approximate surface area is 103 Å². The topological polar surface area (TPSA) is 43.1 Å². The highest BCUT2D eigenvalue weighted by molar-refractivity contribution is 6.30. The van der Waals surface area contributed by atoms with Crippen LogP contribution in [0, 0.1) is 6.92 Å². The molecule has 4 nitrogen and oxygen atoms in total. The van der Waals surface area contributed by atoms with Gasteiger partial charge in [-0.25, -0.2) is 0 Å². The van der Waals surface area contributed by atoms with Crippen LogP contribution in [0.1, 0.15) is 5.56 Å². The predicted octanol–water partition coefficient (Wildman–Crippen LogP) is 2.75. The Morgan fingerprint density at radius 3 is 2.65 bits per heavy atom. The summed E-state index contributed by atoms with van der Waals surface area (Å²) in [5.74, 6) is 0.697. The van der Waals surface area contributed by atoms with E-state index in [0.717, 1.165) is 11.1 Å². The molecule has 0 N–H and O–H groups in total. The summed E-state index contributed by atoms with van der Waals surface area (Å²) in [6, 6.07) is 11.7. The Kier molecular flexibility index (Phi) is 2.30. The predicted molar refractivity (Wildman–Crippen MR) is 66.0 cm³/mol. The standard InChI is InChI=1S/C12H9ClN4/c1-8-7-10-14-15-12(17(10)16-11(8)13)9-5-3-2-4-6-9/h2-7H,1H3. The molecule has 0 amide bonds. The maximum Gasteiger partial charge on any atom is 0.185 e. The van der Waals surface area contributed by atoms with E-state index in [2.05, 4.69) is 15.3 Å². The SMILES string of the molecule is Cc1cc2nnc(-c3ccccc3)n2nc1Cl. The van der Waals surface area contributed by atoms with Crippen molar-refractivity contribution in [3.63, 3.8) is 0 Å². The number of benzene rings is 1. The molecule has 0 unspecified atom stereocenters. The van der Waals surface area contributed by atoms with Crippen molar-refractivity contribution < 1.29 is 0 Å². The molecule has 84 valence electrons. The molecule has 1 aromatic carbocycles. The van der Waals surface area contributed by atoms with E-state index >= 15 is 0 Å². The van der Waals surface area contributed by atoms with Gasteiger partial charge in [-0.15, -0.1) is 10.2 Å². The van der Waals surface area contributed by atoms with Gasteiger partial charge in [-0.05, 0) is 18.6 Å². The molecule has 0 bridgehead atoms. The van der Waals surface area contributed by atoms with Gasteiger partial charge in [0.15, 0.2) is 16.6 Å². The summed E-state index contributed by atoms with van der Waals surface area (Å²) in [7, 11) is 0. The quantitative estimate of drug-likeness (QED) is 0.661. The monoisotopic (exact) mass is 244 g/mol. The molecule has 0 aliphatic heterocycles. The third kappa shape index (κ3) is 1.66. The molecule has 0 saturated carbocycles. The van der Waals surface area contributed by atoms with Crippen LogP contribution in [0.3, 0.4) is 0 Å². The molecule has 0 radical (unpaired) electrons. The van der Waals surface area contributed by atoms with Crippen LogP contribution in [0.4, 0.5) is 0 Å². The molecule has 3 aromatic rings. The van der Waals surface area contributed by atoms with Crippen molar-refractivity contribution in [1.29, 1.82) is 0 Å². The number of nitrogens with zero attached hydrogens (tertiary/aromatic N) is 4. The molecule has 0 spiro atoms. The van der Waals surface area contributed by atoms with Crippen LogP contribution in [0.15, 0.2) is 36.4 Å². The van der Waals surface area contributed by atoms with Gasteiger partial charge in [0.05, 0.1) is 0 Å². The Bertz CT molecular complexity index is 676. The van der Waals surface area contributed by atoms with E-state index in [1.165, 1.54) is 0 Å². The van der Waals surface area contributed by atoms with Gasteiger partial charge in [0.1, 0.15) is 0 Å². The van der Waals surface area contributed by atoms with Crippen LogP contribution in [0.25, 0.3) is 17.0 Å². The van der Waals surface area contributed by atoms with Crippen LogP contribution >= 0.6 is 11.6 Å². The zero-order chi connectivity index (χ0) is 11.8. The van der Waals surface area contributed by atoms with Crippen LogP contribution in [-0.2, 0) is 0 Å². The van der Waals surface area contributed by atoms with Gasteiger partial charge in [0.25, 0.3) is 0 Å². The number of aryl methyl sites for hydroxylation is 1. The summed E-state index contributed by atoms with van der Waals surface area (Å²) in [5, 5.41) is 13.0. The Morgan fingerprint density at radius 2 is 1.88 bits per heavy atom. The summed E-state index contributed by atoms with van der Waals surface area (Å²) in [6.45, 7) is 1.90. The van der Waals surface area contributed by atoms with Crippen LogP contribution < -0.4 is 0 Å². The normalized spacial score (nSPS) is 10.9. The second-order valence-electron chi connectivity index (χ2n) is 3.78. The van der Waals surface area contributed by atoms with Crippen LogP contribution in [0.5, 0.6) is 0 Å². The molecule has 17 heavy (non-hydrogen) atoms. The van der Waals surface area contributed by atoms with Crippen molar-refractivity contribution in [2.24, 2.45) is 0 Å². The average molecular weight is 245 g/mol. The van der Waals surface area contributed by atoms with E-state index in [0.29, 0.717) is 16.6 Å². The number of aromatic nitrogens is 4. The Hall–Kier alpha value is -1.94. The first-order valence-corrected chi connectivity index (χ1v) is 5.57. The first kappa shape index (κ1) is 10.2. The van der Waals surface area contributed by atoms with Crippen molar-refractivity contribution in [3.8, 4) is 11.4 Å². The number of hydrogen-bond donors (Lipinski definition) is 0. The third-order valence-electron chi connectivity index (χ3n) is 2.56. The fourth-order valence-electron chi connectivity index (χ4n) is 1.67. The number of rotatable bonds is 1. The Balaban J connectivity index is 2.29. The number of halogens is 1. The maximum absolute atomic E-state index is 6.02. The van der Waals surface area contributed by atoms with E-state index in [1.54, 1.807) is 4.52 Å². The smallest absolute Gasteiger partial charge is 0.185 e. The van der Waals surface area contributed by atoms with Crippen molar-refractivity contribution in [1.82, 2.24) is 19.8 Å². The fourth-order valence-corrected chi connectivity index (χ4v) is 1.80. The first-order chi connectivity index (χ1) is 8.25. The van der Waals surface area contributed by atoms with Gasteiger partial charge < -0.3 is 0 Å². The largest absolute Gasteiger partial charge is 0.191 e. The fraction of sp³-hybridized carbons (Fsp3) is 0.0833. The van der Waals surface area contributed by atoms with Gasteiger partial charge >= 0.3 is 0 Å². The number of fused-ring (bicyclic) bond motifs is 1. The molecular formula is C12H9ClN4. The lowest BCUT2D eigenvalue weighted by atomic mass is 10.2. The van der Waals surface area contributed by atoms with E-state index < -0.39 is 0 Å². The zero-order valence-corrected chi connectivity index (χ0v) is 9.89. The highest BCUT2D eigenvalue weighted by atomic mass is 35.5. The number of hydrogen-bond acceptors (Lipinski definition) is 3. The second kappa shape index (κ2) is 3.82. The van der Waals surface area contributed by atoms with Gasteiger partial charge in [0, 0.05) is 5.56 Å². The molecule has 3 rings (SSSR count). The molecule has 0 fully saturated rings. The summed E-state index contributed by atoms with van der Waals surface area (Å²) >= 11 is 6.02. The van der Waals surface area contributed by atoms with Crippen molar-refractivity contribution in [3.05, 3.63) is 47.1 Å². The highest BCUT2D eigenvalue weighted by Crippen LogP contribution is 2.19. The van der Waals surface area contributed by atoms with E-state index in [9.17, 15) is 0 Å². The summed E-state index contributed by atoms with van der Waals surface area (Å²) in [6.07, 6.45) is 0. The maximum atomic E-state index is 6.02. The lowest BCUT2D eigenvalue weighted by molar-refractivity contribution is 0.928. The van der Waals surface area contributed by atoms with Gasteiger partial charge in [-0.2, -0.15) is 9.61 Å². The Morgan fingerprint density at radius 1 is 1.12 bits per heavy atom. The third-order valence-corrected chi connectivity index (χ3v) is 2.93. The summed E-state index contributed by atoms with van der Waals surface area (Å²) < 4.78 is 1.66. The van der Waals surface area contributed by atoms with Crippen molar-refractivity contribution >= 4 is 17.2 Å². The van der Waals surface area contributed by atoms with Crippen molar-refractivity contribution in [2.75, 3.05) is 0 Å². The molecule has 0 saturated heterocycles. The van der Waals surface area contributed by atoms with Gasteiger partial charge in [-0.3, -0.25) is 0 Å². The molecule has 0 aliphatic rings. The molecule has 2 heterocycles. The molecule has 0 aliphatic carbocycles. The minimum atomic E-state index is 0.467. The highest BCUT2D eigenvalue weighted by Gasteiger charge is 2.10. The van der Waals surface area contributed by atoms with Gasteiger partial charge in [-0.1, -0.05) is 41.9 Å². The van der Waals surface area contributed by atoms with Gasteiger partial charge in [0.2, 0.25) is 0 Å². The van der Waals surface area contributed by atoms with Crippen LogP contribution in [0.2, 0.25) is 5.15 Å². The molecule has 2 aromatic heterocycles. The minimum absolute atomic E-state index is 0.467. The molecular weight excluding hydrogens is 236 g/mol. The lowest BCUT2D eigenvalue weighted by Gasteiger charge is -2.00. The summed E-state index contributed by atoms with van der Waals surface area (Å²) in [5.41, 5.74) is 2.56. The minimum Gasteiger partial charge on any atom is -0.191 e. The van der Waals surface area contributed by atoms with Crippen molar-refractivity contribution in [2.45, 2.75) is 6.92 Å². The lowest BCUT2D eigenvalue weighted by Crippen LogP contribution is -1.96.